The fourth-order valence-corrected chi connectivity index (χ4v) is 2.73. The van der Waals surface area contributed by atoms with E-state index in [2.05, 4.69) is 9.97 Å². The van der Waals surface area contributed by atoms with Crippen LogP contribution in [0.25, 0.3) is 10.3 Å². The SMILES string of the molecule is COc1nc2cc(C(=O)CC(=O)OC(C)(C)C)sc2nc1OC. The first-order chi connectivity index (χ1) is 10.7. The fraction of sp³-hybridized carbons (Fsp3) is 0.467. The highest BCUT2D eigenvalue weighted by molar-refractivity contribution is 7.20. The van der Waals surface area contributed by atoms with Gasteiger partial charge in [-0.1, -0.05) is 0 Å². The first-order valence-corrected chi connectivity index (χ1v) is 7.69. The number of carbonyl (C=O) groups is 2. The molecule has 0 aliphatic rings. The molecule has 0 bridgehead atoms. The van der Waals surface area contributed by atoms with E-state index >= 15 is 0 Å². The Morgan fingerprint density at radius 2 is 1.74 bits per heavy atom. The summed E-state index contributed by atoms with van der Waals surface area (Å²) in [6, 6.07) is 1.58. The van der Waals surface area contributed by atoms with Gasteiger partial charge in [-0.3, -0.25) is 9.59 Å². The van der Waals surface area contributed by atoms with Gasteiger partial charge in [-0.15, -0.1) is 11.3 Å². The Morgan fingerprint density at radius 3 is 2.30 bits per heavy atom. The van der Waals surface area contributed by atoms with Crippen molar-refractivity contribution in [3.8, 4) is 11.8 Å². The van der Waals surface area contributed by atoms with Crippen LogP contribution < -0.4 is 9.47 Å². The zero-order valence-electron chi connectivity index (χ0n) is 13.6. The van der Waals surface area contributed by atoms with Gasteiger partial charge in [0.2, 0.25) is 0 Å². The Bertz CT molecular complexity index is 707. The van der Waals surface area contributed by atoms with E-state index in [0.29, 0.717) is 15.2 Å². The van der Waals surface area contributed by atoms with Gasteiger partial charge in [0.1, 0.15) is 22.4 Å². The molecular weight excluding hydrogens is 320 g/mol. The molecule has 7 nitrogen and oxygen atoms in total. The van der Waals surface area contributed by atoms with Gasteiger partial charge in [0.05, 0.1) is 19.1 Å². The lowest BCUT2D eigenvalue weighted by Gasteiger charge is -2.18. The average molecular weight is 338 g/mol. The molecule has 0 aliphatic heterocycles. The van der Waals surface area contributed by atoms with E-state index in [1.54, 1.807) is 26.8 Å². The van der Waals surface area contributed by atoms with Gasteiger partial charge >= 0.3 is 5.97 Å². The Balaban J connectivity index is 2.23. The maximum absolute atomic E-state index is 12.2. The van der Waals surface area contributed by atoms with Gasteiger partial charge in [0.15, 0.2) is 5.78 Å². The summed E-state index contributed by atoms with van der Waals surface area (Å²) in [5, 5.41) is 0. The molecule has 8 heteroatoms. The van der Waals surface area contributed by atoms with E-state index in [-0.39, 0.29) is 24.0 Å². The van der Waals surface area contributed by atoms with Crippen LogP contribution in [-0.2, 0) is 9.53 Å². The molecule has 2 aromatic heterocycles. The van der Waals surface area contributed by atoms with E-state index in [0.717, 1.165) is 11.3 Å². The molecule has 0 fully saturated rings. The standard InChI is InChI=1S/C15H18N2O5S/c1-15(2,3)22-11(19)7-9(18)10-6-8-14(23-10)17-13(21-5)12(16-8)20-4/h6H,7H2,1-5H3. The molecule has 0 saturated heterocycles. The largest absolute Gasteiger partial charge is 0.477 e. The van der Waals surface area contributed by atoms with Crippen molar-refractivity contribution in [2.24, 2.45) is 0 Å². The molecule has 2 rings (SSSR count). The Morgan fingerprint density at radius 1 is 1.13 bits per heavy atom. The molecule has 0 spiro atoms. The summed E-state index contributed by atoms with van der Waals surface area (Å²) >= 11 is 1.15. The number of Topliss-reactive ketones (excluding diaryl/α,β-unsaturated/α-hetero) is 1. The van der Waals surface area contributed by atoms with Crippen molar-refractivity contribution in [2.45, 2.75) is 32.8 Å². The van der Waals surface area contributed by atoms with Gasteiger partial charge in [0.25, 0.3) is 11.8 Å². The number of thiophene rings is 1. The quantitative estimate of drug-likeness (QED) is 0.470. The number of rotatable bonds is 5. The molecular formula is C15H18N2O5S. The number of methoxy groups -OCH3 is 2. The minimum atomic E-state index is -0.624. The lowest BCUT2D eigenvalue weighted by molar-refractivity contribution is -0.153. The van der Waals surface area contributed by atoms with Crippen molar-refractivity contribution in [3.63, 3.8) is 0 Å². The zero-order valence-corrected chi connectivity index (χ0v) is 14.4. The van der Waals surface area contributed by atoms with Crippen molar-refractivity contribution in [2.75, 3.05) is 14.2 Å². The summed E-state index contributed by atoms with van der Waals surface area (Å²) in [4.78, 5) is 33.4. The molecule has 0 radical (unpaired) electrons. The first kappa shape index (κ1) is 17.1. The maximum atomic E-state index is 12.2. The second-order valence-corrected chi connectivity index (χ2v) is 6.76. The van der Waals surface area contributed by atoms with E-state index < -0.39 is 11.6 Å². The number of carbonyl (C=O) groups excluding carboxylic acids is 2. The Hall–Kier alpha value is -2.22. The smallest absolute Gasteiger partial charge is 0.314 e. The molecule has 0 saturated carbocycles. The molecule has 0 aliphatic carbocycles. The first-order valence-electron chi connectivity index (χ1n) is 6.88. The maximum Gasteiger partial charge on any atom is 0.314 e. The van der Waals surface area contributed by atoms with Gasteiger partial charge < -0.3 is 14.2 Å². The molecule has 0 amide bonds. The predicted octanol–water partition coefficient (Wildman–Crippen LogP) is 2.62. The van der Waals surface area contributed by atoms with Crippen LogP contribution in [0.15, 0.2) is 6.07 Å². The van der Waals surface area contributed by atoms with Gasteiger partial charge in [0, 0.05) is 0 Å². The number of hydrogen-bond donors (Lipinski definition) is 0. The topological polar surface area (TPSA) is 87.6 Å². The number of hydrogen-bond acceptors (Lipinski definition) is 8. The Kier molecular flexibility index (Phi) is 4.84. The van der Waals surface area contributed by atoms with Crippen LogP contribution >= 0.6 is 11.3 Å². The highest BCUT2D eigenvalue weighted by Gasteiger charge is 2.22. The highest BCUT2D eigenvalue weighted by atomic mass is 32.1. The van der Waals surface area contributed by atoms with Gasteiger partial charge in [-0.05, 0) is 26.8 Å². The minimum absolute atomic E-state index is 0.240. The van der Waals surface area contributed by atoms with Gasteiger partial charge in [-0.25, -0.2) is 4.98 Å². The van der Waals surface area contributed by atoms with Crippen LogP contribution in [-0.4, -0.2) is 41.5 Å². The molecule has 124 valence electrons. The number of esters is 1. The molecule has 0 aromatic carbocycles. The van der Waals surface area contributed by atoms with Crippen LogP contribution in [0.1, 0.15) is 36.9 Å². The third-order valence-electron chi connectivity index (χ3n) is 2.69. The predicted molar refractivity (Wildman–Crippen MR) is 85.3 cm³/mol. The monoisotopic (exact) mass is 338 g/mol. The fourth-order valence-electron chi connectivity index (χ4n) is 1.83. The van der Waals surface area contributed by atoms with Crippen molar-refractivity contribution in [1.29, 1.82) is 0 Å². The average Bonchev–Trinajstić information content (AvgIpc) is 2.86. The summed E-state index contributed by atoms with van der Waals surface area (Å²) in [5.74, 6) is -0.407. The van der Waals surface area contributed by atoms with E-state index in [1.165, 1.54) is 14.2 Å². The van der Waals surface area contributed by atoms with Crippen LogP contribution in [0.5, 0.6) is 11.8 Å². The second-order valence-electron chi connectivity index (χ2n) is 5.73. The summed E-state index contributed by atoms with van der Waals surface area (Å²) in [6.07, 6.45) is -0.321. The van der Waals surface area contributed by atoms with Crippen molar-refractivity contribution >= 4 is 33.4 Å². The lowest BCUT2D eigenvalue weighted by Crippen LogP contribution is -2.25. The summed E-state index contributed by atoms with van der Waals surface area (Å²) < 4.78 is 15.3. The van der Waals surface area contributed by atoms with E-state index in [1.807, 2.05) is 0 Å². The van der Waals surface area contributed by atoms with Crippen molar-refractivity contribution in [1.82, 2.24) is 9.97 Å². The molecule has 0 N–H and O–H groups in total. The number of nitrogens with zero attached hydrogens (tertiary/aromatic N) is 2. The lowest BCUT2D eigenvalue weighted by atomic mass is 10.2. The van der Waals surface area contributed by atoms with Crippen molar-refractivity contribution < 1.29 is 23.8 Å². The molecule has 0 unspecified atom stereocenters. The molecule has 2 heterocycles. The number of ether oxygens (including phenoxy) is 3. The molecule has 2 aromatic rings. The number of fused-ring (bicyclic) bond motifs is 1. The normalized spacial score (nSPS) is 11.3. The van der Waals surface area contributed by atoms with E-state index in [4.69, 9.17) is 14.2 Å². The third-order valence-corrected chi connectivity index (χ3v) is 3.75. The van der Waals surface area contributed by atoms with Crippen LogP contribution in [0.2, 0.25) is 0 Å². The minimum Gasteiger partial charge on any atom is -0.477 e. The Labute approximate surface area is 137 Å². The van der Waals surface area contributed by atoms with E-state index in [9.17, 15) is 9.59 Å². The zero-order chi connectivity index (χ0) is 17.2. The molecule has 23 heavy (non-hydrogen) atoms. The number of aromatic nitrogens is 2. The van der Waals surface area contributed by atoms with Crippen molar-refractivity contribution in [3.05, 3.63) is 10.9 Å². The number of ketones is 1. The van der Waals surface area contributed by atoms with Crippen LogP contribution in [0, 0.1) is 0 Å². The summed E-state index contributed by atoms with van der Waals surface area (Å²) in [5.41, 5.74) is -0.110. The van der Waals surface area contributed by atoms with Gasteiger partial charge in [-0.2, -0.15) is 4.98 Å². The van der Waals surface area contributed by atoms with Crippen LogP contribution in [0.4, 0.5) is 0 Å². The third kappa shape index (κ3) is 4.16. The second kappa shape index (κ2) is 6.49. The highest BCUT2D eigenvalue weighted by Crippen LogP contribution is 2.30. The summed E-state index contributed by atoms with van der Waals surface area (Å²) in [6.45, 7) is 5.25. The summed E-state index contributed by atoms with van der Waals surface area (Å²) in [7, 11) is 2.92. The van der Waals surface area contributed by atoms with Crippen LogP contribution in [0.3, 0.4) is 0 Å². The molecule has 0 atom stereocenters.